The van der Waals surface area contributed by atoms with Gasteiger partial charge in [-0.25, -0.2) is 0 Å². The molecule has 3 aromatic rings. The van der Waals surface area contributed by atoms with Crippen LogP contribution >= 0.6 is 0 Å². The molecule has 0 amide bonds. The van der Waals surface area contributed by atoms with Crippen molar-refractivity contribution in [1.29, 1.82) is 0 Å². The lowest BCUT2D eigenvalue weighted by Crippen LogP contribution is -2.13. The van der Waals surface area contributed by atoms with E-state index in [1.165, 1.54) is 46.2 Å². The molecule has 0 aliphatic heterocycles. The topological polar surface area (TPSA) is 0 Å². The third kappa shape index (κ3) is 2.63. The van der Waals surface area contributed by atoms with E-state index in [0.29, 0.717) is 5.92 Å². The quantitative estimate of drug-likeness (QED) is 0.492. The highest BCUT2D eigenvalue weighted by molar-refractivity contribution is 6.08. The molecule has 0 spiro atoms. The van der Waals surface area contributed by atoms with Gasteiger partial charge < -0.3 is 0 Å². The summed E-state index contributed by atoms with van der Waals surface area (Å²) in [4.78, 5) is 0. The maximum absolute atomic E-state index is 2.51. The van der Waals surface area contributed by atoms with Crippen LogP contribution in [0.1, 0.15) is 41.0 Å². The normalized spacial score (nSPS) is 18.8. The lowest BCUT2D eigenvalue weighted by Gasteiger charge is -2.32. The van der Waals surface area contributed by atoms with E-state index in [4.69, 9.17) is 0 Å². The number of hydrogen-bond acceptors (Lipinski definition) is 0. The van der Waals surface area contributed by atoms with E-state index in [9.17, 15) is 0 Å². The van der Waals surface area contributed by atoms with Crippen LogP contribution in [0.4, 0.5) is 0 Å². The van der Waals surface area contributed by atoms with Gasteiger partial charge in [-0.2, -0.15) is 0 Å². The van der Waals surface area contributed by atoms with Gasteiger partial charge in [0.05, 0.1) is 0 Å². The van der Waals surface area contributed by atoms with Crippen LogP contribution < -0.4 is 0 Å². The van der Waals surface area contributed by atoms with Crippen LogP contribution in [-0.2, 0) is 6.42 Å². The van der Waals surface area contributed by atoms with Crippen LogP contribution in [0, 0.1) is 0 Å². The number of fused-ring (bicyclic) bond motifs is 2. The van der Waals surface area contributed by atoms with E-state index in [1.54, 1.807) is 5.57 Å². The zero-order valence-corrected chi connectivity index (χ0v) is 14.9. The van der Waals surface area contributed by atoms with E-state index in [-0.39, 0.29) is 0 Å². The lowest BCUT2D eigenvalue weighted by molar-refractivity contribution is 0.757. The van der Waals surface area contributed by atoms with Crippen LogP contribution in [0.2, 0.25) is 0 Å². The molecule has 26 heavy (non-hydrogen) atoms. The van der Waals surface area contributed by atoms with Crippen molar-refractivity contribution in [2.45, 2.75) is 25.2 Å². The molecule has 2 aliphatic carbocycles. The van der Waals surface area contributed by atoms with Gasteiger partial charge >= 0.3 is 0 Å². The molecular formula is C26H22. The fourth-order valence-electron chi connectivity index (χ4n) is 4.50. The van der Waals surface area contributed by atoms with Crippen LogP contribution in [0.15, 0.2) is 96.6 Å². The summed E-state index contributed by atoms with van der Waals surface area (Å²) < 4.78 is 0. The maximum Gasteiger partial charge on any atom is 0.00649 e. The van der Waals surface area contributed by atoms with Crippen LogP contribution in [0.25, 0.3) is 11.1 Å². The summed E-state index contributed by atoms with van der Waals surface area (Å²) >= 11 is 0. The predicted octanol–water partition coefficient (Wildman–Crippen LogP) is 6.66. The Balaban J connectivity index is 1.69. The highest BCUT2D eigenvalue weighted by Crippen LogP contribution is 2.48. The molecule has 0 nitrogen and oxygen atoms in total. The molecular weight excluding hydrogens is 312 g/mol. The molecule has 0 aromatic heterocycles. The highest BCUT2D eigenvalue weighted by atomic mass is 14.3. The molecule has 3 aromatic carbocycles. The molecule has 0 heterocycles. The van der Waals surface area contributed by atoms with E-state index >= 15 is 0 Å². The van der Waals surface area contributed by atoms with E-state index < -0.39 is 0 Å². The molecule has 0 heteroatoms. The molecule has 0 saturated carbocycles. The van der Waals surface area contributed by atoms with Crippen molar-refractivity contribution >= 4 is 11.1 Å². The Kier molecular flexibility index (Phi) is 3.83. The average molecular weight is 334 g/mol. The summed E-state index contributed by atoms with van der Waals surface area (Å²) in [6.45, 7) is 0. The highest BCUT2D eigenvalue weighted by Gasteiger charge is 2.28. The second-order valence-electron chi connectivity index (χ2n) is 7.30. The van der Waals surface area contributed by atoms with E-state index in [1.807, 2.05) is 0 Å². The van der Waals surface area contributed by atoms with Crippen molar-refractivity contribution < 1.29 is 0 Å². The molecule has 0 bridgehead atoms. The Morgan fingerprint density at radius 3 is 2.15 bits per heavy atom. The number of benzene rings is 3. The van der Waals surface area contributed by atoms with Crippen molar-refractivity contribution in [2.24, 2.45) is 0 Å². The Morgan fingerprint density at radius 1 is 0.654 bits per heavy atom. The van der Waals surface area contributed by atoms with Crippen molar-refractivity contribution in [3.63, 3.8) is 0 Å². The van der Waals surface area contributed by atoms with Gasteiger partial charge in [-0.15, -0.1) is 0 Å². The second kappa shape index (κ2) is 6.46. The van der Waals surface area contributed by atoms with Gasteiger partial charge in [0.15, 0.2) is 0 Å². The van der Waals surface area contributed by atoms with Gasteiger partial charge in [0.25, 0.3) is 0 Å². The average Bonchev–Trinajstić information content (AvgIpc) is 2.74. The van der Waals surface area contributed by atoms with Gasteiger partial charge in [-0.05, 0) is 52.7 Å². The summed E-state index contributed by atoms with van der Waals surface area (Å²) in [5, 5.41) is 0. The number of allylic oxidation sites excluding steroid dienone is 4. The first-order valence-corrected chi connectivity index (χ1v) is 9.53. The fourth-order valence-corrected chi connectivity index (χ4v) is 4.50. The Morgan fingerprint density at radius 2 is 1.35 bits per heavy atom. The summed E-state index contributed by atoms with van der Waals surface area (Å²) in [5.74, 6) is 0.468. The minimum Gasteiger partial charge on any atom is -0.0682 e. The zero-order valence-electron chi connectivity index (χ0n) is 14.9. The van der Waals surface area contributed by atoms with Gasteiger partial charge in [0.2, 0.25) is 0 Å². The Labute approximate surface area is 155 Å². The standard InChI is InChI=1S/C26H22/c1-3-9-19(10-4-1)23-17-22-16-15-21-13-7-8-14-24(21)26(22)25(18-23)20-11-5-2-6-12-20/h1-14,18,23H,15-17H2. The molecule has 2 aliphatic rings. The minimum absolute atomic E-state index is 0.468. The van der Waals surface area contributed by atoms with Crippen molar-refractivity contribution in [3.05, 3.63) is 119 Å². The monoisotopic (exact) mass is 334 g/mol. The van der Waals surface area contributed by atoms with Crippen LogP contribution in [0.5, 0.6) is 0 Å². The SMILES string of the molecule is C1=C(c2ccccc2)C2=C(CCc3ccccc32)CC1c1ccccc1. The van der Waals surface area contributed by atoms with Gasteiger partial charge in [-0.1, -0.05) is 96.6 Å². The summed E-state index contributed by atoms with van der Waals surface area (Å²) in [6, 6.07) is 30.8. The molecule has 126 valence electrons. The Bertz CT molecular complexity index is 990. The Hall–Kier alpha value is -2.86. The van der Waals surface area contributed by atoms with Gasteiger partial charge in [0, 0.05) is 5.92 Å². The number of aryl methyl sites for hydroxylation is 1. The van der Waals surface area contributed by atoms with Gasteiger partial charge in [-0.3, -0.25) is 0 Å². The van der Waals surface area contributed by atoms with Gasteiger partial charge in [0.1, 0.15) is 0 Å². The number of rotatable bonds is 2. The molecule has 1 unspecified atom stereocenters. The first-order chi connectivity index (χ1) is 12.9. The zero-order chi connectivity index (χ0) is 17.3. The third-order valence-electron chi connectivity index (χ3n) is 5.75. The smallest absolute Gasteiger partial charge is 0.00649 e. The minimum atomic E-state index is 0.468. The number of hydrogen-bond donors (Lipinski definition) is 0. The molecule has 0 saturated heterocycles. The van der Waals surface area contributed by atoms with Crippen molar-refractivity contribution in [3.8, 4) is 0 Å². The first-order valence-electron chi connectivity index (χ1n) is 9.53. The summed E-state index contributed by atoms with van der Waals surface area (Å²) in [6.07, 6.45) is 5.99. The summed E-state index contributed by atoms with van der Waals surface area (Å²) in [7, 11) is 0. The second-order valence-corrected chi connectivity index (χ2v) is 7.30. The molecule has 0 N–H and O–H groups in total. The summed E-state index contributed by atoms with van der Waals surface area (Å²) in [5.41, 5.74) is 10.2. The van der Waals surface area contributed by atoms with Crippen LogP contribution in [-0.4, -0.2) is 0 Å². The van der Waals surface area contributed by atoms with Crippen molar-refractivity contribution in [2.75, 3.05) is 0 Å². The van der Waals surface area contributed by atoms with Crippen molar-refractivity contribution in [1.82, 2.24) is 0 Å². The molecule has 1 atom stereocenters. The third-order valence-corrected chi connectivity index (χ3v) is 5.75. The maximum atomic E-state index is 2.51. The lowest BCUT2D eigenvalue weighted by atomic mass is 9.72. The molecule has 0 radical (unpaired) electrons. The molecule has 5 rings (SSSR count). The first kappa shape index (κ1) is 15.4. The fraction of sp³-hybridized carbons (Fsp3) is 0.154. The molecule has 0 fully saturated rings. The predicted molar refractivity (Wildman–Crippen MR) is 110 cm³/mol. The van der Waals surface area contributed by atoms with Crippen LogP contribution in [0.3, 0.4) is 0 Å². The van der Waals surface area contributed by atoms with E-state index in [0.717, 1.165) is 6.42 Å². The largest absolute Gasteiger partial charge is 0.0682 e. The van der Waals surface area contributed by atoms with E-state index in [2.05, 4.69) is 91.0 Å².